The fourth-order valence-electron chi connectivity index (χ4n) is 5.42. The number of rotatable bonds is 5. The van der Waals surface area contributed by atoms with Gasteiger partial charge in [0.1, 0.15) is 17.9 Å². The second-order valence-corrected chi connectivity index (χ2v) is 9.86. The number of aliphatic hydroxyl groups excluding tert-OH is 1. The minimum atomic E-state index is -0.308. The van der Waals surface area contributed by atoms with Crippen LogP contribution in [0.5, 0.6) is 0 Å². The number of nitrogens with one attached hydrogen (secondary N) is 2. The number of carbonyl (C=O) groups is 2. The van der Waals surface area contributed by atoms with Gasteiger partial charge in [0.2, 0.25) is 5.91 Å². The van der Waals surface area contributed by atoms with Gasteiger partial charge in [-0.15, -0.1) is 0 Å². The van der Waals surface area contributed by atoms with Gasteiger partial charge in [-0.2, -0.15) is 5.26 Å². The molecule has 6 rings (SSSR count). The zero-order chi connectivity index (χ0) is 27.6. The van der Waals surface area contributed by atoms with Crippen LogP contribution < -0.4 is 5.32 Å². The zero-order valence-corrected chi connectivity index (χ0v) is 21.7. The van der Waals surface area contributed by atoms with Crippen molar-refractivity contribution in [2.75, 3.05) is 18.4 Å². The lowest BCUT2D eigenvalue weighted by Crippen LogP contribution is -2.34. The summed E-state index contributed by atoms with van der Waals surface area (Å²) in [6.45, 7) is 1.74. The number of hydrogen-bond acceptors (Lipinski definition) is 6. The molecule has 3 N–H and O–H groups in total. The van der Waals surface area contributed by atoms with Crippen LogP contribution in [0.4, 0.5) is 10.6 Å². The van der Waals surface area contributed by atoms with E-state index in [9.17, 15) is 14.7 Å². The quantitative estimate of drug-likeness (QED) is 0.352. The lowest BCUT2D eigenvalue weighted by atomic mass is 9.98. The third-order valence-electron chi connectivity index (χ3n) is 7.53. The van der Waals surface area contributed by atoms with Crippen molar-refractivity contribution in [1.29, 1.82) is 5.26 Å². The van der Waals surface area contributed by atoms with Crippen LogP contribution in [-0.2, 0) is 24.5 Å². The molecule has 5 heterocycles. The summed E-state index contributed by atoms with van der Waals surface area (Å²) in [6.07, 6.45) is 5.87. The summed E-state index contributed by atoms with van der Waals surface area (Å²) < 4.78 is 0. The highest BCUT2D eigenvalue weighted by Crippen LogP contribution is 2.35. The highest BCUT2D eigenvalue weighted by Gasteiger charge is 2.25. The summed E-state index contributed by atoms with van der Waals surface area (Å²) in [6, 6.07) is 15.4. The van der Waals surface area contributed by atoms with Gasteiger partial charge in [-0.1, -0.05) is 30.3 Å². The van der Waals surface area contributed by atoms with Gasteiger partial charge in [0, 0.05) is 55.2 Å². The molecule has 40 heavy (non-hydrogen) atoms. The molecule has 0 unspecified atom stereocenters. The summed E-state index contributed by atoms with van der Waals surface area (Å²) >= 11 is 0. The number of amides is 3. The summed E-state index contributed by atoms with van der Waals surface area (Å²) in [4.78, 5) is 40.9. The SMILES string of the molecule is N#CCC(=O)N1CC=C(c2cc3c(-c4ccnc(NC(=O)N5Cc6ccccc6C5)c4CO)ccnc3[nH]2)CC1. The number of H-pyrrole nitrogens is 1. The van der Waals surface area contributed by atoms with Crippen LogP contribution in [0, 0.1) is 11.3 Å². The number of pyridine rings is 2. The second kappa shape index (κ2) is 10.6. The van der Waals surface area contributed by atoms with E-state index in [0.717, 1.165) is 38.9 Å². The molecule has 0 radical (unpaired) electrons. The summed E-state index contributed by atoms with van der Waals surface area (Å²) in [7, 11) is 0. The molecule has 0 spiro atoms. The van der Waals surface area contributed by atoms with Crippen molar-refractivity contribution in [3.8, 4) is 17.2 Å². The van der Waals surface area contributed by atoms with Crippen LogP contribution in [0.3, 0.4) is 0 Å². The number of aromatic nitrogens is 3. The topological polar surface area (TPSA) is 138 Å². The largest absolute Gasteiger partial charge is 0.392 e. The third-order valence-corrected chi connectivity index (χ3v) is 7.53. The Morgan fingerprint density at radius 1 is 1.05 bits per heavy atom. The molecule has 3 amide bonds. The van der Waals surface area contributed by atoms with E-state index >= 15 is 0 Å². The molecule has 10 nitrogen and oxygen atoms in total. The van der Waals surface area contributed by atoms with Gasteiger partial charge < -0.3 is 19.9 Å². The molecule has 2 aliphatic rings. The van der Waals surface area contributed by atoms with Gasteiger partial charge in [0.05, 0.1) is 12.7 Å². The van der Waals surface area contributed by atoms with E-state index in [1.54, 1.807) is 22.2 Å². The van der Waals surface area contributed by atoms with Gasteiger partial charge in [-0.05, 0) is 52.4 Å². The average Bonchev–Trinajstić information content (AvgIpc) is 3.62. The Kier molecular flexibility index (Phi) is 6.72. The minimum absolute atomic E-state index is 0.115. The van der Waals surface area contributed by atoms with E-state index in [4.69, 9.17) is 5.26 Å². The zero-order valence-electron chi connectivity index (χ0n) is 21.7. The van der Waals surface area contributed by atoms with Gasteiger partial charge in [0.15, 0.2) is 0 Å². The molecular weight excluding hydrogens is 506 g/mol. The lowest BCUT2D eigenvalue weighted by Gasteiger charge is -2.25. The molecule has 0 bridgehead atoms. The van der Waals surface area contributed by atoms with Crippen LogP contribution in [0.2, 0.25) is 0 Å². The fourth-order valence-corrected chi connectivity index (χ4v) is 5.42. The molecule has 10 heteroatoms. The molecule has 0 fully saturated rings. The van der Waals surface area contributed by atoms with Crippen LogP contribution >= 0.6 is 0 Å². The number of fused-ring (bicyclic) bond motifs is 2. The molecule has 0 atom stereocenters. The van der Waals surface area contributed by atoms with Crippen molar-refractivity contribution >= 4 is 34.4 Å². The lowest BCUT2D eigenvalue weighted by molar-refractivity contribution is -0.129. The maximum Gasteiger partial charge on any atom is 0.323 e. The van der Waals surface area contributed by atoms with Crippen molar-refractivity contribution in [3.05, 3.63) is 83.3 Å². The number of hydrogen-bond donors (Lipinski definition) is 3. The Bertz CT molecular complexity index is 1680. The fraction of sp³-hybridized carbons (Fsp3) is 0.233. The van der Waals surface area contributed by atoms with E-state index in [1.807, 2.05) is 54.6 Å². The van der Waals surface area contributed by atoms with Crippen molar-refractivity contribution in [2.45, 2.75) is 32.5 Å². The van der Waals surface area contributed by atoms with Crippen LogP contribution in [0.15, 0.2) is 60.9 Å². The van der Waals surface area contributed by atoms with Crippen molar-refractivity contribution in [3.63, 3.8) is 0 Å². The van der Waals surface area contributed by atoms with Gasteiger partial charge in [0.25, 0.3) is 0 Å². The third kappa shape index (κ3) is 4.67. The smallest absolute Gasteiger partial charge is 0.323 e. The van der Waals surface area contributed by atoms with Gasteiger partial charge in [-0.3, -0.25) is 10.1 Å². The predicted octanol–water partition coefficient (Wildman–Crippen LogP) is 4.19. The van der Waals surface area contributed by atoms with E-state index < -0.39 is 0 Å². The Morgan fingerprint density at radius 3 is 2.50 bits per heavy atom. The summed E-state index contributed by atoms with van der Waals surface area (Å²) in [5.74, 6) is 0.156. The maximum absolute atomic E-state index is 13.1. The first-order valence-electron chi connectivity index (χ1n) is 13.1. The normalized spacial score (nSPS) is 14.6. The monoisotopic (exact) mass is 533 g/mol. The maximum atomic E-state index is 13.1. The minimum Gasteiger partial charge on any atom is -0.392 e. The van der Waals surface area contributed by atoms with Crippen molar-refractivity contribution < 1.29 is 14.7 Å². The van der Waals surface area contributed by atoms with Crippen molar-refractivity contribution in [1.82, 2.24) is 24.8 Å². The molecule has 3 aromatic heterocycles. The number of anilines is 1. The standard InChI is InChI=1S/C30H27N7O3/c31-10-5-27(39)36-13-8-19(9-14-36)26-15-24-22(6-11-32-28(24)34-26)23-7-12-33-29(25(23)18-38)35-30(40)37-16-20-3-1-2-4-21(20)17-37/h1-4,6-8,11-12,15,38H,5,9,13-14,16-18H2,(H,32,34)(H,33,35,40). The first-order chi connectivity index (χ1) is 19.6. The molecule has 0 saturated heterocycles. The molecule has 200 valence electrons. The molecule has 2 aliphatic heterocycles. The Labute approximate surface area is 230 Å². The second-order valence-electron chi connectivity index (χ2n) is 9.86. The summed E-state index contributed by atoms with van der Waals surface area (Å²) in [5, 5.41) is 23.0. The highest BCUT2D eigenvalue weighted by atomic mass is 16.3. The number of urea groups is 1. The van der Waals surface area contributed by atoms with E-state index in [0.29, 0.717) is 49.6 Å². The van der Waals surface area contributed by atoms with E-state index in [-0.39, 0.29) is 25.0 Å². The molecule has 0 saturated carbocycles. The van der Waals surface area contributed by atoms with Crippen LogP contribution in [0.25, 0.3) is 27.7 Å². The van der Waals surface area contributed by atoms with Gasteiger partial charge >= 0.3 is 6.03 Å². The van der Waals surface area contributed by atoms with Crippen LogP contribution in [0.1, 0.15) is 35.2 Å². The van der Waals surface area contributed by atoms with Gasteiger partial charge in [-0.25, -0.2) is 14.8 Å². The molecule has 0 aliphatic carbocycles. The molecule has 4 aromatic rings. The number of aliphatic hydroxyl groups is 1. The first-order valence-corrected chi connectivity index (χ1v) is 13.1. The Balaban J connectivity index is 1.27. The first kappa shape index (κ1) is 25.3. The Morgan fingerprint density at radius 2 is 1.80 bits per heavy atom. The summed E-state index contributed by atoms with van der Waals surface area (Å²) in [5.41, 5.74) is 7.04. The van der Waals surface area contributed by atoms with Crippen LogP contribution in [-0.4, -0.2) is 54.9 Å². The highest BCUT2D eigenvalue weighted by molar-refractivity contribution is 5.98. The number of benzene rings is 1. The molecular formula is C30H27N7O3. The number of nitriles is 1. The number of carbonyl (C=O) groups excluding carboxylic acids is 2. The van der Waals surface area contributed by atoms with Crippen molar-refractivity contribution in [2.24, 2.45) is 0 Å². The average molecular weight is 534 g/mol. The van der Waals surface area contributed by atoms with E-state index in [2.05, 4.69) is 20.3 Å². The number of aromatic amines is 1. The predicted molar refractivity (Wildman–Crippen MR) is 149 cm³/mol. The van der Waals surface area contributed by atoms with E-state index in [1.165, 1.54) is 0 Å². The number of nitrogens with zero attached hydrogens (tertiary/aromatic N) is 5. The molecule has 1 aromatic carbocycles. The Hall–Kier alpha value is -5.01.